The predicted molar refractivity (Wildman–Crippen MR) is 69.2 cm³/mol. The van der Waals surface area contributed by atoms with E-state index in [-0.39, 0.29) is 0 Å². The lowest BCUT2D eigenvalue weighted by Crippen LogP contribution is -1.95. The van der Waals surface area contributed by atoms with E-state index in [0.29, 0.717) is 5.69 Å². The summed E-state index contributed by atoms with van der Waals surface area (Å²) in [6.45, 7) is 0. The Balaban J connectivity index is 2.11. The Morgan fingerprint density at radius 2 is 1.83 bits per heavy atom. The number of nitrogens with zero attached hydrogens (tertiary/aromatic N) is 3. The first-order valence-electron chi connectivity index (χ1n) is 5.78. The van der Waals surface area contributed by atoms with E-state index < -0.39 is 0 Å². The first-order chi connectivity index (χ1) is 8.88. The largest absolute Gasteiger partial charge is 0.302 e. The quantitative estimate of drug-likeness (QED) is 0.683. The number of rotatable bonds is 2. The average molecular weight is 233 g/mol. The van der Waals surface area contributed by atoms with Gasteiger partial charge in [-0.05, 0) is 17.7 Å². The maximum Gasteiger partial charge on any atom is 0.166 e. The van der Waals surface area contributed by atoms with Gasteiger partial charge in [-0.25, -0.2) is 4.98 Å². The van der Waals surface area contributed by atoms with Crippen molar-refractivity contribution in [3.8, 4) is 6.07 Å². The topological polar surface area (TPSA) is 41.1 Å². The molecule has 0 unspecified atom stereocenters. The van der Waals surface area contributed by atoms with Gasteiger partial charge in [0.1, 0.15) is 11.9 Å². The fourth-order valence-corrected chi connectivity index (χ4v) is 2.09. The Hall–Kier alpha value is -2.60. The predicted octanol–water partition coefficient (Wildman–Crippen LogP) is 2.80. The monoisotopic (exact) mass is 233 g/mol. The van der Waals surface area contributed by atoms with E-state index in [1.807, 2.05) is 47.0 Å². The van der Waals surface area contributed by atoms with Crippen molar-refractivity contribution in [2.75, 3.05) is 0 Å². The molecule has 0 N–H and O–H groups in total. The fourth-order valence-electron chi connectivity index (χ4n) is 2.09. The van der Waals surface area contributed by atoms with Crippen LogP contribution in [0, 0.1) is 11.3 Å². The normalized spacial score (nSPS) is 10.4. The van der Waals surface area contributed by atoms with Crippen LogP contribution in [0.4, 0.5) is 0 Å². The molecule has 2 heterocycles. The summed E-state index contributed by atoms with van der Waals surface area (Å²) in [5.74, 6) is 0.897. The minimum Gasteiger partial charge on any atom is -0.302 e. The Morgan fingerprint density at radius 3 is 2.61 bits per heavy atom. The van der Waals surface area contributed by atoms with Gasteiger partial charge in [0.25, 0.3) is 0 Å². The molecule has 0 aliphatic rings. The van der Waals surface area contributed by atoms with E-state index >= 15 is 0 Å². The summed E-state index contributed by atoms with van der Waals surface area (Å²) in [6, 6.07) is 18.1. The van der Waals surface area contributed by atoms with Crippen molar-refractivity contribution in [3.05, 3.63) is 71.8 Å². The first kappa shape index (κ1) is 10.5. The summed E-state index contributed by atoms with van der Waals surface area (Å²) in [7, 11) is 0. The number of fused-ring (bicyclic) bond motifs is 1. The van der Waals surface area contributed by atoms with Crippen molar-refractivity contribution in [2.45, 2.75) is 6.42 Å². The third kappa shape index (κ3) is 1.74. The standard InChI is InChI=1S/C15H11N3/c16-11-13-14-8-4-5-9-18(14)15(17-13)10-12-6-2-1-3-7-12/h1-9H,10H2. The van der Waals surface area contributed by atoms with Gasteiger partial charge < -0.3 is 4.40 Å². The van der Waals surface area contributed by atoms with Crippen molar-refractivity contribution in [1.82, 2.24) is 9.38 Å². The molecule has 2 aromatic heterocycles. The molecule has 0 aliphatic carbocycles. The number of hydrogen-bond donors (Lipinski definition) is 0. The van der Waals surface area contributed by atoms with Crippen LogP contribution >= 0.6 is 0 Å². The summed E-state index contributed by atoms with van der Waals surface area (Å²) in [4.78, 5) is 4.40. The van der Waals surface area contributed by atoms with Gasteiger partial charge in [-0.2, -0.15) is 5.26 Å². The highest BCUT2D eigenvalue weighted by molar-refractivity contribution is 5.58. The molecule has 0 radical (unpaired) electrons. The number of aromatic nitrogens is 2. The van der Waals surface area contributed by atoms with Crippen molar-refractivity contribution in [1.29, 1.82) is 5.26 Å². The number of imidazole rings is 1. The second kappa shape index (κ2) is 4.34. The van der Waals surface area contributed by atoms with Crippen LogP contribution in [0.5, 0.6) is 0 Å². The molecule has 3 nitrogen and oxygen atoms in total. The molecule has 0 spiro atoms. The minimum absolute atomic E-state index is 0.488. The van der Waals surface area contributed by atoms with E-state index in [0.717, 1.165) is 17.8 Å². The van der Waals surface area contributed by atoms with Crippen molar-refractivity contribution >= 4 is 5.52 Å². The maximum atomic E-state index is 9.09. The Kier molecular flexibility index (Phi) is 2.54. The smallest absolute Gasteiger partial charge is 0.166 e. The second-order valence-corrected chi connectivity index (χ2v) is 4.11. The summed E-state index contributed by atoms with van der Waals surface area (Å²) in [5, 5.41) is 9.09. The molecule has 18 heavy (non-hydrogen) atoms. The lowest BCUT2D eigenvalue weighted by molar-refractivity contribution is 0.960. The van der Waals surface area contributed by atoms with Crippen LogP contribution in [-0.2, 0) is 6.42 Å². The van der Waals surface area contributed by atoms with Gasteiger partial charge in [-0.1, -0.05) is 36.4 Å². The Labute approximate surface area is 105 Å². The van der Waals surface area contributed by atoms with Gasteiger partial charge in [0, 0.05) is 12.6 Å². The molecule has 0 saturated carbocycles. The van der Waals surface area contributed by atoms with Crippen LogP contribution in [0.1, 0.15) is 17.1 Å². The molecule has 0 amide bonds. The fraction of sp³-hybridized carbons (Fsp3) is 0.0667. The van der Waals surface area contributed by atoms with Crippen LogP contribution in [0.15, 0.2) is 54.7 Å². The van der Waals surface area contributed by atoms with E-state index in [9.17, 15) is 0 Å². The maximum absolute atomic E-state index is 9.09. The summed E-state index contributed by atoms with van der Waals surface area (Å²) in [5.41, 5.74) is 2.55. The van der Waals surface area contributed by atoms with Crippen LogP contribution in [0.2, 0.25) is 0 Å². The molecule has 1 aromatic carbocycles. The zero-order chi connectivity index (χ0) is 12.4. The van der Waals surface area contributed by atoms with E-state index in [1.54, 1.807) is 0 Å². The lowest BCUT2D eigenvalue weighted by Gasteiger charge is -2.00. The van der Waals surface area contributed by atoms with Crippen LogP contribution < -0.4 is 0 Å². The van der Waals surface area contributed by atoms with Gasteiger partial charge in [0.2, 0.25) is 0 Å². The zero-order valence-electron chi connectivity index (χ0n) is 9.74. The molecular formula is C15H11N3. The molecular weight excluding hydrogens is 222 g/mol. The average Bonchev–Trinajstić information content (AvgIpc) is 2.78. The second-order valence-electron chi connectivity index (χ2n) is 4.11. The van der Waals surface area contributed by atoms with Gasteiger partial charge in [0.15, 0.2) is 5.69 Å². The third-order valence-electron chi connectivity index (χ3n) is 2.93. The van der Waals surface area contributed by atoms with E-state index in [4.69, 9.17) is 5.26 Å². The third-order valence-corrected chi connectivity index (χ3v) is 2.93. The molecule has 0 aliphatic heterocycles. The summed E-state index contributed by atoms with van der Waals surface area (Å²) >= 11 is 0. The highest BCUT2D eigenvalue weighted by Crippen LogP contribution is 2.15. The molecule has 0 bridgehead atoms. The molecule has 3 aromatic rings. The number of hydrogen-bond acceptors (Lipinski definition) is 2. The lowest BCUT2D eigenvalue weighted by atomic mass is 10.1. The molecule has 0 fully saturated rings. The van der Waals surface area contributed by atoms with Crippen LogP contribution in [-0.4, -0.2) is 9.38 Å². The molecule has 0 saturated heterocycles. The van der Waals surface area contributed by atoms with Crippen molar-refractivity contribution < 1.29 is 0 Å². The van der Waals surface area contributed by atoms with Crippen molar-refractivity contribution in [2.24, 2.45) is 0 Å². The molecule has 86 valence electrons. The molecule has 0 atom stereocenters. The number of pyridine rings is 1. The molecule has 3 rings (SSSR count). The van der Waals surface area contributed by atoms with Gasteiger partial charge in [0.05, 0.1) is 5.52 Å². The highest BCUT2D eigenvalue weighted by Gasteiger charge is 2.09. The SMILES string of the molecule is N#Cc1nc(Cc2ccccc2)n2ccccc12. The van der Waals surface area contributed by atoms with Gasteiger partial charge >= 0.3 is 0 Å². The zero-order valence-corrected chi connectivity index (χ0v) is 9.74. The van der Waals surface area contributed by atoms with Gasteiger partial charge in [-0.15, -0.1) is 0 Å². The van der Waals surface area contributed by atoms with Crippen LogP contribution in [0.25, 0.3) is 5.52 Å². The Bertz CT molecular complexity index is 720. The van der Waals surface area contributed by atoms with E-state index in [1.165, 1.54) is 5.56 Å². The Morgan fingerprint density at radius 1 is 1.06 bits per heavy atom. The summed E-state index contributed by atoms with van der Waals surface area (Å²) < 4.78 is 1.98. The van der Waals surface area contributed by atoms with E-state index in [2.05, 4.69) is 23.2 Å². The molecule has 3 heteroatoms. The number of nitriles is 1. The first-order valence-corrected chi connectivity index (χ1v) is 5.78. The number of benzene rings is 1. The van der Waals surface area contributed by atoms with Crippen molar-refractivity contribution in [3.63, 3.8) is 0 Å². The van der Waals surface area contributed by atoms with Gasteiger partial charge in [-0.3, -0.25) is 0 Å². The van der Waals surface area contributed by atoms with Crippen LogP contribution in [0.3, 0.4) is 0 Å². The highest BCUT2D eigenvalue weighted by atomic mass is 15.0. The minimum atomic E-state index is 0.488. The summed E-state index contributed by atoms with van der Waals surface area (Å²) in [6.07, 6.45) is 2.68.